The minimum absolute atomic E-state index is 0.0696. The Morgan fingerprint density at radius 2 is 1.70 bits per heavy atom. The average Bonchev–Trinajstić information content (AvgIpc) is 3.11. The molecule has 1 atom stereocenters. The zero-order valence-corrected chi connectivity index (χ0v) is 15.6. The molecule has 27 heavy (non-hydrogen) atoms. The van der Waals surface area contributed by atoms with E-state index in [1.54, 1.807) is 0 Å². The number of anilines is 1. The Morgan fingerprint density at radius 3 is 2.59 bits per heavy atom. The zero-order chi connectivity index (χ0) is 18.6. The number of hydrogen-bond acceptors (Lipinski definition) is 2. The maximum absolute atomic E-state index is 12.4. The Labute approximate surface area is 159 Å². The van der Waals surface area contributed by atoms with Crippen molar-refractivity contribution in [2.75, 3.05) is 11.4 Å². The maximum Gasteiger partial charge on any atom is 0.241 e. The summed E-state index contributed by atoms with van der Waals surface area (Å²) in [4.78, 5) is 14.6. The van der Waals surface area contributed by atoms with Crippen molar-refractivity contribution in [1.29, 1.82) is 0 Å². The number of nitrogens with one attached hydrogen (secondary N) is 1. The molecule has 1 saturated heterocycles. The minimum atomic E-state index is -0.551. The van der Waals surface area contributed by atoms with Gasteiger partial charge in [-0.2, -0.15) is 0 Å². The molecule has 0 saturated carbocycles. The first kappa shape index (κ1) is 16.1. The van der Waals surface area contributed by atoms with Crippen LogP contribution in [-0.2, 0) is 10.2 Å². The van der Waals surface area contributed by atoms with Crippen LogP contribution in [0.5, 0.6) is 0 Å². The highest BCUT2D eigenvalue weighted by Gasteiger charge is 2.59. The van der Waals surface area contributed by atoms with Crippen molar-refractivity contribution in [3.8, 4) is 0 Å². The van der Waals surface area contributed by atoms with E-state index < -0.39 is 5.66 Å². The van der Waals surface area contributed by atoms with E-state index in [1.807, 2.05) is 6.07 Å². The normalized spacial score (nSPS) is 22.9. The van der Waals surface area contributed by atoms with Crippen molar-refractivity contribution in [3.05, 3.63) is 83.9 Å². The lowest BCUT2D eigenvalue weighted by Crippen LogP contribution is -2.58. The maximum atomic E-state index is 12.4. The van der Waals surface area contributed by atoms with E-state index in [2.05, 4.69) is 96.9 Å². The van der Waals surface area contributed by atoms with Gasteiger partial charge < -0.3 is 10.2 Å². The van der Waals surface area contributed by atoms with Gasteiger partial charge in [0, 0.05) is 11.1 Å². The van der Waals surface area contributed by atoms with Gasteiger partial charge >= 0.3 is 0 Å². The van der Waals surface area contributed by atoms with Gasteiger partial charge in [-0.3, -0.25) is 4.79 Å². The lowest BCUT2D eigenvalue weighted by atomic mass is 9.75. The third-order valence-electron chi connectivity index (χ3n) is 6.21. The summed E-state index contributed by atoms with van der Waals surface area (Å²) in [7, 11) is 0. The van der Waals surface area contributed by atoms with E-state index in [0.717, 1.165) is 11.3 Å². The first-order chi connectivity index (χ1) is 13.0. The number of carbonyl (C=O) groups is 1. The molecule has 1 N–H and O–H groups in total. The Kier molecular flexibility index (Phi) is 3.26. The Morgan fingerprint density at radius 1 is 0.963 bits per heavy atom. The molecule has 0 bridgehead atoms. The summed E-state index contributed by atoms with van der Waals surface area (Å²) in [5.74, 6) is 0.0696. The number of fused-ring (bicyclic) bond motifs is 4. The number of nitrogens with zero attached hydrogens (tertiary/aromatic N) is 1. The van der Waals surface area contributed by atoms with Crippen molar-refractivity contribution in [3.63, 3.8) is 0 Å². The number of amides is 1. The van der Waals surface area contributed by atoms with Crippen LogP contribution in [0.4, 0.5) is 5.69 Å². The van der Waals surface area contributed by atoms with E-state index >= 15 is 0 Å². The third-order valence-corrected chi connectivity index (χ3v) is 6.21. The molecule has 2 aliphatic heterocycles. The molecule has 1 fully saturated rings. The predicted octanol–water partition coefficient (Wildman–Crippen LogP) is 4.48. The highest BCUT2D eigenvalue weighted by Crippen LogP contribution is 2.52. The highest BCUT2D eigenvalue weighted by atomic mass is 16.2. The summed E-state index contributed by atoms with van der Waals surface area (Å²) in [5, 5.41) is 5.73. The van der Waals surface area contributed by atoms with Crippen molar-refractivity contribution < 1.29 is 4.79 Å². The molecule has 3 nitrogen and oxygen atoms in total. The van der Waals surface area contributed by atoms with Crippen LogP contribution < -0.4 is 10.2 Å². The van der Waals surface area contributed by atoms with Crippen LogP contribution >= 0.6 is 0 Å². The monoisotopic (exact) mass is 354 g/mol. The fourth-order valence-electron chi connectivity index (χ4n) is 4.75. The van der Waals surface area contributed by atoms with E-state index in [9.17, 15) is 4.79 Å². The Bertz CT molecular complexity index is 1090. The molecule has 0 aromatic heterocycles. The van der Waals surface area contributed by atoms with Crippen molar-refractivity contribution in [2.45, 2.75) is 24.9 Å². The summed E-state index contributed by atoms with van der Waals surface area (Å²) < 4.78 is 0. The van der Waals surface area contributed by atoms with Gasteiger partial charge in [0.2, 0.25) is 5.91 Å². The van der Waals surface area contributed by atoms with E-state index in [4.69, 9.17) is 0 Å². The molecular formula is C24H22N2O. The van der Waals surface area contributed by atoms with E-state index in [0.29, 0.717) is 6.54 Å². The largest absolute Gasteiger partial charge is 0.335 e. The van der Waals surface area contributed by atoms with Gasteiger partial charge in [0.05, 0.1) is 6.54 Å². The Hall–Kier alpha value is -3.07. The standard InChI is InChI=1S/C24H22N2O/c1-23(2)20-12-5-6-13-21(20)26-16-22(27)25-24(23,26)15-14-18-10-7-9-17-8-3-4-11-19(17)18/h3-15H,16H2,1-2H3,(H,25,27)/b15-14+/t24-/m0/s1. The molecule has 3 heteroatoms. The van der Waals surface area contributed by atoms with Gasteiger partial charge in [-0.1, -0.05) is 80.6 Å². The molecule has 5 rings (SSSR count). The van der Waals surface area contributed by atoms with Gasteiger partial charge in [0.1, 0.15) is 5.66 Å². The van der Waals surface area contributed by atoms with Crippen molar-refractivity contribution >= 4 is 28.4 Å². The second-order valence-corrected chi connectivity index (χ2v) is 7.94. The fourth-order valence-corrected chi connectivity index (χ4v) is 4.75. The lowest BCUT2D eigenvalue weighted by molar-refractivity contribution is -0.118. The summed E-state index contributed by atoms with van der Waals surface area (Å²) in [6.07, 6.45) is 4.34. The molecule has 2 heterocycles. The third kappa shape index (κ3) is 2.11. The lowest BCUT2D eigenvalue weighted by Gasteiger charge is -2.40. The summed E-state index contributed by atoms with van der Waals surface area (Å²) in [6.45, 7) is 4.82. The molecular weight excluding hydrogens is 332 g/mol. The highest BCUT2D eigenvalue weighted by molar-refractivity contribution is 5.93. The number of hydrogen-bond donors (Lipinski definition) is 1. The van der Waals surface area contributed by atoms with E-state index in [1.165, 1.54) is 16.3 Å². The van der Waals surface area contributed by atoms with Crippen LogP contribution in [0.25, 0.3) is 16.8 Å². The quantitative estimate of drug-likeness (QED) is 0.736. The topological polar surface area (TPSA) is 32.3 Å². The molecule has 1 amide bonds. The first-order valence-corrected chi connectivity index (χ1v) is 9.38. The number of carbonyl (C=O) groups excluding carboxylic acids is 1. The molecule has 2 aliphatic rings. The second kappa shape index (κ2) is 5.46. The number of rotatable bonds is 2. The number of benzene rings is 3. The smallest absolute Gasteiger partial charge is 0.241 e. The van der Waals surface area contributed by atoms with Gasteiger partial charge in [-0.05, 0) is 34.0 Å². The van der Waals surface area contributed by atoms with Crippen LogP contribution in [0.3, 0.4) is 0 Å². The summed E-state index contributed by atoms with van der Waals surface area (Å²) in [5.41, 5.74) is 2.79. The Balaban J connectivity index is 1.67. The molecule has 134 valence electrons. The van der Waals surface area contributed by atoms with Gasteiger partial charge in [-0.15, -0.1) is 0 Å². The van der Waals surface area contributed by atoms with Crippen LogP contribution in [0.15, 0.2) is 72.8 Å². The van der Waals surface area contributed by atoms with Gasteiger partial charge in [-0.25, -0.2) is 0 Å². The first-order valence-electron chi connectivity index (χ1n) is 9.38. The molecule has 3 aromatic rings. The minimum Gasteiger partial charge on any atom is -0.335 e. The molecule has 0 unspecified atom stereocenters. The molecule has 0 aliphatic carbocycles. The molecule has 0 radical (unpaired) electrons. The van der Waals surface area contributed by atoms with Crippen molar-refractivity contribution in [1.82, 2.24) is 5.32 Å². The van der Waals surface area contributed by atoms with Gasteiger partial charge in [0.25, 0.3) is 0 Å². The SMILES string of the molecule is CC1(C)c2ccccc2N2CC(=O)N[C@@]21/C=C/c1cccc2ccccc12. The predicted molar refractivity (Wildman–Crippen MR) is 111 cm³/mol. The molecule has 3 aromatic carbocycles. The number of para-hydroxylation sites is 1. The fraction of sp³-hybridized carbons (Fsp3) is 0.208. The average molecular weight is 354 g/mol. The molecule has 0 spiro atoms. The zero-order valence-electron chi connectivity index (χ0n) is 15.6. The van der Waals surface area contributed by atoms with E-state index in [-0.39, 0.29) is 11.3 Å². The van der Waals surface area contributed by atoms with Gasteiger partial charge in [0.15, 0.2) is 0 Å². The van der Waals surface area contributed by atoms with Crippen molar-refractivity contribution in [2.24, 2.45) is 0 Å². The summed E-state index contributed by atoms with van der Waals surface area (Å²) >= 11 is 0. The van der Waals surface area contributed by atoms with Crippen LogP contribution in [-0.4, -0.2) is 18.1 Å². The van der Waals surface area contributed by atoms with Crippen LogP contribution in [0, 0.1) is 0 Å². The van der Waals surface area contributed by atoms with Crippen LogP contribution in [0.2, 0.25) is 0 Å². The van der Waals surface area contributed by atoms with Crippen LogP contribution in [0.1, 0.15) is 25.0 Å². The second-order valence-electron chi connectivity index (χ2n) is 7.94. The summed E-state index contributed by atoms with van der Waals surface area (Å²) in [6, 6.07) is 23.2.